The summed E-state index contributed by atoms with van der Waals surface area (Å²) in [5.74, 6) is 0.361. The number of phenolic OH excluding ortho intramolecular Hbond substituents is 1. The number of nitrogens with one attached hydrogen (secondary N) is 2. The van der Waals surface area contributed by atoms with Gasteiger partial charge in [-0.1, -0.05) is 224 Å². The third kappa shape index (κ3) is 18.7. The molecule has 0 spiro atoms. The second-order valence-corrected chi connectivity index (χ2v) is 13.0. The summed E-state index contributed by atoms with van der Waals surface area (Å²) in [5.41, 5.74) is 14.9. The minimum atomic E-state index is 0.361. The smallest absolute Gasteiger partial charge is 0.119 e. The number of allylic oxidation sites excluding steroid dienone is 18. The molecular weight excluding hydrogens is 743 g/mol. The molecule has 0 saturated heterocycles. The third-order valence-corrected chi connectivity index (χ3v) is 8.72. The lowest BCUT2D eigenvalue weighted by Crippen LogP contribution is -2.01. The second-order valence-electron chi connectivity index (χ2n) is 13.0. The van der Waals surface area contributed by atoms with E-state index in [0.29, 0.717) is 17.2 Å². The van der Waals surface area contributed by atoms with Crippen molar-refractivity contribution in [3.8, 4) is 18.6 Å². The van der Waals surface area contributed by atoms with Crippen LogP contribution in [-0.2, 0) is 6.42 Å². The van der Waals surface area contributed by atoms with E-state index in [1.165, 1.54) is 18.2 Å². The van der Waals surface area contributed by atoms with Crippen molar-refractivity contribution in [2.45, 2.75) is 27.2 Å². The predicted octanol–water partition coefficient (Wildman–Crippen LogP) is 13.6. The number of nitrogens with two attached hydrogens (primary N) is 1. The average Bonchev–Trinajstić information content (AvgIpc) is 3.32. The first-order chi connectivity index (χ1) is 29.9. The highest BCUT2D eigenvalue weighted by molar-refractivity contribution is 6.11. The topological polar surface area (TPSA) is 93.9 Å². The number of aromatic hydroxyl groups is 1. The molecule has 0 atom stereocenters. The molecule has 0 heterocycles. The summed E-state index contributed by atoms with van der Waals surface area (Å²) in [6.07, 6.45) is 39.6. The van der Waals surface area contributed by atoms with Crippen LogP contribution in [0.25, 0.3) is 5.57 Å². The van der Waals surface area contributed by atoms with Gasteiger partial charge in [0.1, 0.15) is 5.75 Å². The fraction of sp³-hybridized carbons (Fsp3) is 0.0877. The van der Waals surface area contributed by atoms with E-state index in [4.69, 9.17) is 10.8 Å². The van der Waals surface area contributed by atoms with E-state index in [2.05, 4.69) is 98.4 Å². The first-order valence-corrected chi connectivity index (χ1v) is 20.0. The van der Waals surface area contributed by atoms with Crippen LogP contribution in [0.2, 0.25) is 0 Å². The van der Waals surface area contributed by atoms with Gasteiger partial charge in [0, 0.05) is 5.56 Å². The molecule has 1 aliphatic rings. The maximum atomic E-state index is 9.57. The highest BCUT2D eigenvalue weighted by Gasteiger charge is 2.07. The molecule has 1 aliphatic carbocycles. The quantitative estimate of drug-likeness (QED) is 0.0679. The summed E-state index contributed by atoms with van der Waals surface area (Å²) in [5, 5.41) is 26.1. The lowest BCUT2D eigenvalue weighted by atomic mass is 9.97. The Labute approximate surface area is 365 Å². The molecule has 0 fully saturated rings. The second kappa shape index (κ2) is 30.5. The van der Waals surface area contributed by atoms with Gasteiger partial charge in [0.15, 0.2) is 0 Å². The summed E-state index contributed by atoms with van der Waals surface area (Å²) < 4.78 is 0. The minimum absolute atomic E-state index is 0.361. The Morgan fingerprint density at radius 1 is 0.574 bits per heavy atom. The van der Waals surface area contributed by atoms with Gasteiger partial charge in [0.25, 0.3) is 0 Å². The van der Waals surface area contributed by atoms with Crippen LogP contribution >= 0.6 is 0 Å². The molecule has 0 saturated carbocycles. The summed E-state index contributed by atoms with van der Waals surface area (Å²) >= 11 is 0. The van der Waals surface area contributed by atoms with Gasteiger partial charge in [-0.15, -0.1) is 12.8 Å². The van der Waals surface area contributed by atoms with Gasteiger partial charge in [-0.05, 0) is 85.3 Å². The first kappa shape index (κ1) is 49.6. The number of terminal acetylenes is 1. The summed E-state index contributed by atoms with van der Waals surface area (Å²) in [6, 6.07) is 45.0. The number of hydrogen-bond donors (Lipinski definition) is 4. The van der Waals surface area contributed by atoms with Crippen molar-refractivity contribution in [3.63, 3.8) is 0 Å². The van der Waals surface area contributed by atoms with Crippen LogP contribution in [0.3, 0.4) is 0 Å². The first-order valence-electron chi connectivity index (χ1n) is 20.0. The Hall–Kier alpha value is -7.58. The number of rotatable bonds is 9. The van der Waals surface area contributed by atoms with Crippen LogP contribution in [0, 0.1) is 23.7 Å². The number of para-hydroxylation sites is 1. The van der Waals surface area contributed by atoms with Gasteiger partial charge in [-0.3, -0.25) is 10.8 Å². The van der Waals surface area contributed by atoms with Gasteiger partial charge < -0.3 is 10.8 Å². The highest BCUT2D eigenvalue weighted by Crippen LogP contribution is 2.21. The van der Waals surface area contributed by atoms with E-state index < -0.39 is 0 Å². The maximum Gasteiger partial charge on any atom is 0.119 e. The lowest BCUT2D eigenvalue weighted by molar-refractivity contribution is 0.469. The van der Waals surface area contributed by atoms with Crippen molar-refractivity contribution >= 4 is 17.0 Å². The van der Waals surface area contributed by atoms with Crippen molar-refractivity contribution < 1.29 is 5.11 Å². The largest absolute Gasteiger partial charge is 0.508 e. The molecule has 0 aliphatic heterocycles. The maximum absolute atomic E-state index is 9.57. The third-order valence-electron chi connectivity index (χ3n) is 8.72. The van der Waals surface area contributed by atoms with Gasteiger partial charge in [-0.25, -0.2) is 0 Å². The average molecular weight is 802 g/mol. The van der Waals surface area contributed by atoms with E-state index in [1.807, 2.05) is 166 Å². The number of hydrogen-bond acceptors (Lipinski definition) is 4. The standard InChI is InChI=1S/C26H23N.C15H18O.C13H11N.C2H2.CH5N/c1-21-12-5-2-3-6-14-22(15-10-9-13-21)24-18-11-19-25(20-24)26(27)23-16-7-4-8-17-23;1-3-8-13(4-2)9-7-11-14-10-5-6-12-15(14)16;14-13(11-7-3-1-4-8-11)12-9-5-2-6-10-12;2*1-2/h2-20,27H,1H3;3-10,12,16H,11H2,1-2H3;1-10,14H;1-2H;2H2,1H3/b3-2+,5-2?,6-3?,10-9+,12-5-,13-9?,14-6-,15-10?,21-12?,21-13-,22-14?,22-15+,27-26?;8-3+,9-7-,13-4+;;;. The van der Waals surface area contributed by atoms with E-state index >= 15 is 0 Å². The summed E-state index contributed by atoms with van der Waals surface area (Å²) in [7, 11) is 1.50. The fourth-order valence-electron chi connectivity index (χ4n) is 5.61. The number of phenols is 1. The van der Waals surface area contributed by atoms with Crippen molar-refractivity contribution in [2.75, 3.05) is 7.05 Å². The normalized spacial score (nSPS) is 15.8. The molecule has 4 heteroatoms. The van der Waals surface area contributed by atoms with Crippen molar-refractivity contribution in [1.29, 1.82) is 10.8 Å². The Kier molecular flexibility index (Phi) is 24.8. The molecular formula is C57H59N3O. The van der Waals surface area contributed by atoms with Crippen LogP contribution in [0.5, 0.6) is 5.75 Å². The van der Waals surface area contributed by atoms with E-state index in [1.54, 1.807) is 6.07 Å². The molecule has 5 aromatic rings. The van der Waals surface area contributed by atoms with Crippen LogP contribution in [0.15, 0.2) is 242 Å². The molecule has 5 N–H and O–H groups in total. The minimum Gasteiger partial charge on any atom is -0.508 e. The Balaban J connectivity index is 0.000000323. The molecule has 4 nitrogen and oxygen atoms in total. The molecule has 0 aromatic heterocycles. The zero-order chi connectivity index (χ0) is 44.5. The molecule has 0 unspecified atom stereocenters. The molecule has 0 bridgehead atoms. The van der Waals surface area contributed by atoms with Crippen molar-refractivity contribution in [3.05, 3.63) is 275 Å². The Morgan fingerprint density at radius 3 is 1.61 bits per heavy atom. The van der Waals surface area contributed by atoms with Crippen molar-refractivity contribution in [2.24, 2.45) is 5.73 Å². The van der Waals surface area contributed by atoms with Crippen LogP contribution in [0.4, 0.5) is 0 Å². The molecule has 0 amide bonds. The van der Waals surface area contributed by atoms with E-state index in [9.17, 15) is 5.11 Å². The van der Waals surface area contributed by atoms with Crippen molar-refractivity contribution in [1.82, 2.24) is 0 Å². The Morgan fingerprint density at radius 2 is 1.07 bits per heavy atom. The van der Waals surface area contributed by atoms with Crippen LogP contribution in [0.1, 0.15) is 54.2 Å². The summed E-state index contributed by atoms with van der Waals surface area (Å²) in [6.45, 7) is 6.10. The molecule has 0 radical (unpaired) electrons. The molecule has 61 heavy (non-hydrogen) atoms. The SMILES string of the molecule is C#C.C/C=C/C(/C=C\Cc1ccccc1O)=C\C.CC1=C/C=C/C=C(c2cccc(C(=N)c3ccccc3)c2)\C=C/C=C/C=C\1.CN.N=C(c1ccccc1)c1ccccc1. The van der Waals surface area contributed by atoms with Gasteiger partial charge in [0.05, 0.1) is 11.4 Å². The van der Waals surface area contributed by atoms with Gasteiger partial charge >= 0.3 is 0 Å². The highest BCUT2D eigenvalue weighted by atomic mass is 16.3. The van der Waals surface area contributed by atoms with Gasteiger partial charge in [0.2, 0.25) is 0 Å². The fourth-order valence-corrected chi connectivity index (χ4v) is 5.61. The van der Waals surface area contributed by atoms with Gasteiger partial charge in [-0.2, -0.15) is 0 Å². The monoisotopic (exact) mass is 801 g/mol. The van der Waals surface area contributed by atoms with E-state index in [-0.39, 0.29) is 0 Å². The van der Waals surface area contributed by atoms with Crippen LogP contribution < -0.4 is 5.73 Å². The molecule has 6 rings (SSSR count). The zero-order valence-corrected chi connectivity index (χ0v) is 35.8. The van der Waals surface area contributed by atoms with E-state index in [0.717, 1.165) is 45.4 Å². The molecule has 308 valence electrons. The number of benzene rings is 5. The molecule has 5 aromatic carbocycles. The Bertz CT molecular complexity index is 2320. The summed E-state index contributed by atoms with van der Waals surface area (Å²) in [4.78, 5) is 0. The zero-order valence-electron chi connectivity index (χ0n) is 35.8. The lowest BCUT2D eigenvalue weighted by Gasteiger charge is -2.08. The predicted molar refractivity (Wildman–Crippen MR) is 265 cm³/mol. The van der Waals surface area contributed by atoms with Crippen LogP contribution in [-0.4, -0.2) is 23.6 Å².